The maximum Gasteiger partial charge on any atom is 0.217 e. The Morgan fingerprint density at radius 1 is 0.969 bits per heavy atom. The SMILES string of the molecule is CCOc1ccc2c(c1)[C@H]1CC(c3ccccc3)=NN1[C@H](c1cccc(OC)c1OC)O2. The zero-order valence-corrected chi connectivity index (χ0v) is 18.4. The van der Waals surface area contributed by atoms with Crippen LogP contribution in [0.4, 0.5) is 0 Å². The zero-order valence-electron chi connectivity index (χ0n) is 18.4. The molecule has 2 heterocycles. The molecular weight excluding hydrogens is 404 g/mol. The van der Waals surface area contributed by atoms with Crippen LogP contribution in [-0.2, 0) is 0 Å². The van der Waals surface area contributed by atoms with Gasteiger partial charge in [0.2, 0.25) is 6.23 Å². The summed E-state index contributed by atoms with van der Waals surface area (Å²) in [5, 5.41) is 7.07. The Hall–Kier alpha value is -3.67. The van der Waals surface area contributed by atoms with Crippen LogP contribution in [0, 0.1) is 0 Å². The molecule has 164 valence electrons. The highest BCUT2D eigenvalue weighted by molar-refractivity contribution is 6.01. The molecule has 2 aliphatic rings. The fraction of sp³-hybridized carbons (Fsp3) is 0.269. The lowest BCUT2D eigenvalue weighted by molar-refractivity contribution is -0.0206. The van der Waals surface area contributed by atoms with Crippen molar-refractivity contribution in [3.63, 3.8) is 0 Å². The summed E-state index contributed by atoms with van der Waals surface area (Å²) in [6, 6.07) is 22.1. The molecule has 0 amide bonds. The van der Waals surface area contributed by atoms with Crippen LogP contribution in [0.5, 0.6) is 23.0 Å². The molecule has 0 radical (unpaired) electrons. The summed E-state index contributed by atoms with van der Waals surface area (Å²) in [7, 11) is 3.28. The van der Waals surface area contributed by atoms with Crippen LogP contribution >= 0.6 is 0 Å². The number of para-hydroxylation sites is 1. The molecule has 2 atom stereocenters. The lowest BCUT2D eigenvalue weighted by Gasteiger charge is -2.38. The van der Waals surface area contributed by atoms with E-state index in [1.807, 2.05) is 60.5 Å². The number of methoxy groups -OCH3 is 2. The summed E-state index contributed by atoms with van der Waals surface area (Å²) in [6.07, 6.45) is 0.329. The molecule has 0 aliphatic carbocycles. The number of fused-ring (bicyclic) bond motifs is 3. The lowest BCUT2D eigenvalue weighted by Crippen LogP contribution is -2.34. The molecule has 0 fully saturated rings. The molecule has 6 heteroatoms. The van der Waals surface area contributed by atoms with E-state index in [4.69, 9.17) is 24.0 Å². The molecule has 0 unspecified atom stereocenters. The van der Waals surface area contributed by atoms with Gasteiger partial charge in [0.25, 0.3) is 0 Å². The molecule has 5 rings (SSSR count). The number of benzene rings is 3. The zero-order chi connectivity index (χ0) is 22.1. The highest BCUT2D eigenvalue weighted by Crippen LogP contribution is 2.50. The molecule has 0 bridgehead atoms. The van der Waals surface area contributed by atoms with Crippen molar-refractivity contribution in [1.29, 1.82) is 0 Å². The largest absolute Gasteiger partial charge is 0.494 e. The minimum atomic E-state index is -0.447. The average molecular weight is 431 g/mol. The molecule has 0 saturated heterocycles. The molecule has 32 heavy (non-hydrogen) atoms. The second-order valence-corrected chi connectivity index (χ2v) is 7.70. The number of rotatable bonds is 6. The van der Waals surface area contributed by atoms with Crippen molar-refractivity contribution in [2.75, 3.05) is 20.8 Å². The van der Waals surface area contributed by atoms with Crippen molar-refractivity contribution >= 4 is 5.71 Å². The first-order valence-corrected chi connectivity index (χ1v) is 10.8. The van der Waals surface area contributed by atoms with Gasteiger partial charge >= 0.3 is 0 Å². The summed E-state index contributed by atoms with van der Waals surface area (Å²) in [6.45, 7) is 2.60. The van der Waals surface area contributed by atoms with E-state index in [0.717, 1.165) is 40.3 Å². The van der Waals surface area contributed by atoms with Gasteiger partial charge in [-0.3, -0.25) is 0 Å². The molecule has 0 N–H and O–H groups in total. The Balaban J connectivity index is 1.63. The van der Waals surface area contributed by atoms with Crippen LogP contribution in [0.3, 0.4) is 0 Å². The maximum atomic E-state index is 6.52. The molecule has 0 aromatic heterocycles. The Morgan fingerprint density at radius 2 is 1.81 bits per heavy atom. The number of ether oxygens (including phenoxy) is 4. The Bertz CT molecular complexity index is 1150. The van der Waals surface area contributed by atoms with Crippen LogP contribution < -0.4 is 18.9 Å². The highest BCUT2D eigenvalue weighted by atomic mass is 16.5. The summed E-state index contributed by atoms with van der Waals surface area (Å²) in [5.74, 6) is 2.97. The van der Waals surface area contributed by atoms with E-state index in [1.165, 1.54) is 0 Å². The topological polar surface area (TPSA) is 52.5 Å². The number of nitrogens with zero attached hydrogens (tertiary/aromatic N) is 2. The van der Waals surface area contributed by atoms with E-state index < -0.39 is 6.23 Å². The molecule has 0 saturated carbocycles. The van der Waals surface area contributed by atoms with E-state index in [-0.39, 0.29) is 6.04 Å². The monoisotopic (exact) mass is 430 g/mol. The standard InChI is InChI=1S/C26H26N2O4/c1-4-31-18-13-14-23-20(15-18)22-16-21(17-9-6-5-7-10-17)27-28(22)26(32-23)19-11-8-12-24(29-2)25(19)30-3/h5-15,22,26H,4,16H2,1-3H3/t22-,26+/m1/s1. The van der Waals surface area contributed by atoms with Crippen LogP contribution in [0.2, 0.25) is 0 Å². The second kappa shape index (κ2) is 8.46. The van der Waals surface area contributed by atoms with Crippen molar-refractivity contribution in [3.8, 4) is 23.0 Å². The third-order valence-corrected chi connectivity index (χ3v) is 5.88. The number of hydrazone groups is 1. The van der Waals surface area contributed by atoms with E-state index >= 15 is 0 Å². The van der Waals surface area contributed by atoms with Gasteiger partial charge in [-0.25, -0.2) is 5.01 Å². The van der Waals surface area contributed by atoms with E-state index in [2.05, 4.69) is 18.2 Å². The fourth-order valence-corrected chi connectivity index (χ4v) is 4.44. The fourth-order valence-electron chi connectivity index (χ4n) is 4.44. The van der Waals surface area contributed by atoms with Crippen LogP contribution in [0.25, 0.3) is 0 Å². The number of hydrogen-bond acceptors (Lipinski definition) is 6. The van der Waals surface area contributed by atoms with Gasteiger partial charge in [0.15, 0.2) is 11.5 Å². The smallest absolute Gasteiger partial charge is 0.217 e. The van der Waals surface area contributed by atoms with Gasteiger partial charge in [-0.2, -0.15) is 5.10 Å². The maximum absolute atomic E-state index is 6.52. The molecular formula is C26H26N2O4. The van der Waals surface area contributed by atoms with Crippen molar-refractivity contribution in [3.05, 3.63) is 83.4 Å². The Labute approximate surface area is 188 Å². The summed E-state index contributed by atoms with van der Waals surface area (Å²) in [4.78, 5) is 0. The molecule has 3 aromatic carbocycles. The van der Waals surface area contributed by atoms with E-state index in [9.17, 15) is 0 Å². The predicted molar refractivity (Wildman–Crippen MR) is 123 cm³/mol. The van der Waals surface area contributed by atoms with Gasteiger partial charge in [-0.05, 0) is 42.8 Å². The van der Waals surface area contributed by atoms with Crippen molar-refractivity contribution in [2.45, 2.75) is 25.6 Å². The molecule has 2 aliphatic heterocycles. The van der Waals surface area contributed by atoms with Crippen LogP contribution in [0.15, 0.2) is 71.8 Å². The van der Waals surface area contributed by atoms with Gasteiger partial charge in [-0.1, -0.05) is 36.4 Å². The average Bonchev–Trinajstić information content (AvgIpc) is 3.30. The van der Waals surface area contributed by atoms with Crippen LogP contribution in [-0.4, -0.2) is 31.5 Å². The van der Waals surface area contributed by atoms with Crippen molar-refractivity contribution < 1.29 is 18.9 Å². The first kappa shape index (κ1) is 20.2. The minimum Gasteiger partial charge on any atom is -0.494 e. The van der Waals surface area contributed by atoms with Gasteiger partial charge < -0.3 is 18.9 Å². The summed E-state index contributed by atoms with van der Waals surface area (Å²) in [5.41, 5.74) is 4.08. The first-order chi connectivity index (χ1) is 15.7. The summed E-state index contributed by atoms with van der Waals surface area (Å²) < 4.78 is 23.5. The van der Waals surface area contributed by atoms with Crippen LogP contribution in [0.1, 0.15) is 42.3 Å². The third-order valence-electron chi connectivity index (χ3n) is 5.88. The molecule has 0 spiro atoms. The van der Waals surface area contributed by atoms with Gasteiger partial charge in [0.1, 0.15) is 11.5 Å². The van der Waals surface area contributed by atoms with Gasteiger partial charge in [0, 0.05) is 12.0 Å². The third kappa shape index (κ3) is 3.42. The quantitative estimate of drug-likeness (QED) is 0.528. The first-order valence-electron chi connectivity index (χ1n) is 10.8. The Kier molecular flexibility index (Phi) is 5.35. The molecule has 3 aromatic rings. The van der Waals surface area contributed by atoms with Crippen molar-refractivity contribution in [1.82, 2.24) is 5.01 Å². The summed E-state index contributed by atoms with van der Waals surface area (Å²) >= 11 is 0. The minimum absolute atomic E-state index is 0.0234. The second-order valence-electron chi connectivity index (χ2n) is 7.70. The van der Waals surface area contributed by atoms with Crippen molar-refractivity contribution in [2.24, 2.45) is 5.10 Å². The van der Waals surface area contributed by atoms with E-state index in [0.29, 0.717) is 18.1 Å². The predicted octanol–water partition coefficient (Wildman–Crippen LogP) is 5.34. The molecule has 6 nitrogen and oxygen atoms in total. The normalized spacial score (nSPS) is 18.8. The van der Waals surface area contributed by atoms with Gasteiger partial charge in [-0.15, -0.1) is 0 Å². The highest BCUT2D eigenvalue weighted by Gasteiger charge is 2.42. The Morgan fingerprint density at radius 3 is 2.56 bits per heavy atom. The number of hydrogen-bond donors (Lipinski definition) is 0. The lowest BCUT2D eigenvalue weighted by atomic mass is 9.95. The van der Waals surface area contributed by atoms with Gasteiger partial charge in [0.05, 0.1) is 38.1 Å². The van der Waals surface area contributed by atoms with E-state index in [1.54, 1.807) is 14.2 Å².